The molecule has 1 fully saturated rings. The van der Waals surface area contributed by atoms with E-state index < -0.39 is 6.17 Å². The molecule has 1 aliphatic rings. The van der Waals surface area contributed by atoms with Crippen molar-refractivity contribution in [2.24, 2.45) is 0 Å². The van der Waals surface area contributed by atoms with E-state index in [-0.39, 0.29) is 19.2 Å². The fourth-order valence-corrected chi connectivity index (χ4v) is 2.64. The lowest BCUT2D eigenvalue weighted by atomic mass is 10.2. The van der Waals surface area contributed by atoms with Crippen molar-refractivity contribution in [3.63, 3.8) is 0 Å². The molecule has 1 N–H and O–H groups in total. The summed E-state index contributed by atoms with van der Waals surface area (Å²) in [5, 5.41) is 9.36. The number of hydrogen-bond donors (Lipinski definition) is 1. The van der Waals surface area contributed by atoms with E-state index in [0.717, 1.165) is 16.7 Å². The fourth-order valence-electron chi connectivity index (χ4n) is 2.64. The second kappa shape index (κ2) is 4.74. The molecule has 4 nitrogen and oxygen atoms in total. The minimum absolute atomic E-state index is 0.0611. The zero-order chi connectivity index (χ0) is 13.4. The van der Waals surface area contributed by atoms with E-state index >= 15 is 0 Å². The van der Waals surface area contributed by atoms with Crippen LogP contribution >= 0.6 is 0 Å². The lowest BCUT2D eigenvalue weighted by Gasteiger charge is -2.25. The molecule has 5 heteroatoms. The highest BCUT2D eigenvalue weighted by atomic mass is 19.1. The molecule has 0 aliphatic carbocycles. The van der Waals surface area contributed by atoms with Gasteiger partial charge in [0.1, 0.15) is 6.17 Å². The Morgan fingerprint density at radius 1 is 1.32 bits per heavy atom. The van der Waals surface area contributed by atoms with Gasteiger partial charge in [-0.25, -0.2) is 14.4 Å². The average Bonchev–Trinajstić information content (AvgIpc) is 2.79. The second-order valence-corrected chi connectivity index (χ2v) is 4.94. The molecule has 0 radical (unpaired) electrons. The molecule has 2 aromatic rings. The number of anilines is 1. The highest BCUT2D eigenvalue weighted by molar-refractivity contribution is 5.76. The summed E-state index contributed by atoms with van der Waals surface area (Å²) in [5.74, 6) is 0.679. The van der Waals surface area contributed by atoms with Gasteiger partial charge in [0.15, 0.2) is 5.82 Å². The number of para-hydroxylation sites is 2. The number of hydrogen-bond acceptors (Lipinski definition) is 4. The molecule has 2 heterocycles. The van der Waals surface area contributed by atoms with Gasteiger partial charge in [-0.3, -0.25) is 0 Å². The molecule has 3 rings (SSSR count). The Balaban J connectivity index is 2.06. The minimum atomic E-state index is -0.912. The summed E-state index contributed by atoms with van der Waals surface area (Å²) in [4.78, 5) is 10.9. The lowest BCUT2D eigenvalue weighted by molar-refractivity contribution is 0.255. The number of halogens is 1. The summed E-state index contributed by atoms with van der Waals surface area (Å²) in [7, 11) is 0. The van der Waals surface area contributed by atoms with Crippen molar-refractivity contribution in [2.75, 3.05) is 18.1 Å². The Labute approximate surface area is 110 Å². The van der Waals surface area contributed by atoms with Crippen LogP contribution in [0.15, 0.2) is 24.3 Å². The molecular formula is C14H16FN3O. The first-order valence-electron chi connectivity index (χ1n) is 6.44. The van der Waals surface area contributed by atoms with E-state index in [1.54, 1.807) is 0 Å². The maximum Gasteiger partial charge on any atom is 0.151 e. The van der Waals surface area contributed by atoms with Gasteiger partial charge in [0.25, 0.3) is 0 Å². The molecule has 0 saturated carbocycles. The second-order valence-electron chi connectivity index (χ2n) is 4.94. The number of rotatable bonds is 2. The molecule has 0 spiro atoms. The normalized spacial score (nSPS) is 23.2. The van der Waals surface area contributed by atoms with Crippen molar-refractivity contribution in [1.82, 2.24) is 9.97 Å². The molecule has 1 saturated heterocycles. The van der Waals surface area contributed by atoms with Gasteiger partial charge in [-0.05, 0) is 19.1 Å². The first-order chi connectivity index (χ1) is 9.19. The van der Waals surface area contributed by atoms with Crippen molar-refractivity contribution >= 4 is 16.9 Å². The van der Waals surface area contributed by atoms with Crippen LogP contribution in [0.1, 0.15) is 12.1 Å². The molecule has 0 amide bonds. The Morgan fingerprint density at radius 2 is 2.00 bits per heavy atom. The van der Waals surface area contributed by atoms with E-state index in [1.807, 2.05) is 36.1 Å². The topological polar surface area (TPSA) is 49.2 Å². The first kappa shape index (κ1) is 12.3. The zero-order valence-electron chi connectivity index (χ0n) is 10.8. The zero-order valence-corrected chi connectivity index (χ0v) is 10.8. The molecule has 0 unspecified atom stereocenters. The summed E-state index contributed by atoms with van der Waals surface area (Å²) in [6.07, 6.45) is -0.561. The Hall–Kier alpha value is -1.75. The Morgan fingerprint density at radius 3 is 2.68 bits per heavy atom. The van der Waals surface area contributed by atoms with Crippen LogP contribution in [-0.2, 0) is 0 Å². The largest absolute Gasteiger partial charge is 0.394 e. The summed E-state index contributed by atoms with van der Waals surface area (Å²) in [6.45, 7) is 2.09. The molecule has 1 aliphatic heterocycles. The van der Waals surface area contributed by atoms with Crippen molar-refractivity contribution < 1.29 is 9.50 Å². The van der Waals surface area contributed by atoms with Gasteiger partial charge in [-0.1, -0.05) is 12.1 Å². The van der Waals surface area contributed by atoms with Crippen LogP contribution in [0.25, 0.3) is 11.0 Å². The highest BCUT2D eigenvalue weighted by Gasteiger charge is 2.33. The molecule has 1 aromatic carbocycles. The van der Waals surface area contributed by atoms with E-state index in [1.165, 1.54) is 0 Å². The van der Waals surface area contributed by atoms with E-state index in [4.69, 9.17) is 0 Å². The number of aliphatic hydroxyl groups is 1. The average molecular weight is 261 g/mol. The van der Waals surface area contributed by atoms with Gasteiger partial charge in [-0.15, -0.1) is 0 Å². The Bertz CT molecular complexity index is 604. The number of aromatic nitrogens is 2. The summed E-state index contributed by atoms with van der Waals surface area (Å²) in [5.41, 5.74) is 2.40. The van der Waals surface area contributed by atoms with Crippen LogP contribution in [0.2, 0.25) is 0 Å². The maximum atomic E-state index is 13.5. The fraction of sp³-hybridized carbons (Fsp3) is 0.429. The third-order valence-corrected chi connectivity index (χ3v) is 3.57. The molecule has 1 aromatic heterocycles. The van der Waals surface area contributed by atoms with Gasteiger partial charge in [0, 0.05) is 6.42 Å². The van der Waals surface area contributed by atoms with Gasteiger partial charge in [0.05, 0.1) is 35.9 Å². The lowest BCUT2D eigenvalue weighted by Crippen LogP contribution is -2.33. The summed E-state index contributed by atoms with van der Waals surface area (Å²) in [6, 6.07) is 7.42. The molecule has 19 heavy (non-hydrogen) atoms. The van der Waals surface area contributed by atoms with Gasteiger partial charge in [0.2, 0.25) is 0 Å². The van der Waals surface area contributed by atoms with Crippen LogP contribution in [0, 0.1) is 6.92 Å². The van der Waals surface area contributed by atoms with E-state index in [9.17, 15) is 9.50 Å². The van der Waals surface area contributed by atoms with Gasteiger partial charge >= 0.3 is 0 Å². The number of alkyl halides is 1. The SMILES string of the molecule is Cc1nc2ccccc2nc1N1C[C@@H](F)C[C@H]1CO. The quantitative estimate of drug-likeness (QED) is 0.896. The van der Waals surface area contributed by atoms with E-state index in [2.05, 4.69) is 9.97 Å². The molecule has 0 bridgehead atoms. The van der Waals surface area contributed by atoms with Crippen LogP contribution in [0.5, 0.6) is 0 Å². The van der Waals surface area contributed by atoms with Gasteiger partial charge < -0.3 is 10.0 Å². The minimum Gasteiger partial charge on any atom is -0.394 e. The Kier molecular flexibility index (Phi) is 3.06. The standard InChI is InChI=1S/C14H16FN3O/c1-9-14(18-7-10(15)6-11(18)8-19)17-13-5-3-2-4-12(13)16-9/h2-5,10-11,19H,6-8H2,1H3/t10-,11-/m0/s1. The molecular weight excluding hydrogens is 245 g/mol. The van der Waals surface area contributed by atoms with Crippen LogP contribution in [-0.4, -0.2) is 40.4 Å². The van der Waals surface area contributed by atoms with Crippen molar-refractivity contribution in [3.8, 4) is 0 Å². The molecule has 2 atom stereocenters. The summed E-state index contributed by atoms with van der Waals surface area (Å²) >= 11 is 0. The van der Waals surface area contributed by atoms with Crippen LogP contribution < -0.4 is 4.90 Å². The van der Waals surface area contributed by atoms with Crippen molar-refractivity contribution in [3.05, 3.63) is 30.0 Å². The van der Waals surface area contributed by atoms with Gasteiger partial charge in [-0.2, -0.15) is 0 Å². The molecule has 100 valence electrons. The highest BCUT2D eigenvalue weighted by Crippen LogP contribution is 2.28. The smallest absolute Gasteiger partial charge is 0.151 e. The number of nitrogens with zero attached hydrogens (tertiary/aromatic N) is 3. The van der Waals surface area contributed by atoms with E-state index in [0.29, 0.717) is 12.2 Å². The van der Waals surface area contributed by atoms with Crippen LogP contribution in [0.3, 0.4) is 0 Å². The summed E-state index contributed by atoms with van der Waals surface area (Å²) < 4.78 is 13.5. The first-order valence-corrected chi connectivity index (χ1v) is 6.44. The predicted molar refractivity (Wildman–Crippen MR) is 72.0 cm³/mol. The maximum absolute atomic E-state index is 13.5. The predicted octanol–water partition coefficient (Wildman–Crippen LogP) is 1.85. The number of benzene rings is 1. The van der Waals surface area contributed by atoms with Crippen LogP contribution in [0.4, 0.5) is 10.2 Å². The number of aliphatic hydroxyl groups excluding tert-OH is 1. The third kappa shape index (κ3) is 2.14. The van der Waals surface area contributed by atoms with Crippen molar-refractivity contribution in [2.45, 2.75) is 25.6 Å². The number of aryl methyl sites for hydroxylation is 1. The number of fused-ring (bicyclic) bond motifs is 1. The van der Waals surface area contributed by atoms with Crippen molar-refractivity contribution in [1.29, 1.82) is 0 Å². The monoisotopic (exact) mass is 261 g/mol. The third-order valence-electron chi connectivity index (χ3n) is 3.57.